The highest BCUT2D eigenvalue weighted by Crippen LogP contribution is 2.23. The van der Waals surface area contributed by atoms with Gasteiger partial charge >= 0.3 is 12.1 Å². The Morgan fingerprint density at radius 3 is 2.23 bits per heavy atom. The third-order valence-corrected chi connectivity index (χ3v) is 5.38. The molecular formula is C20H26N2O7S. The molecule has 1 aromatic heterocycles. The molecule has 0 fully saturated rings. The van der Waals surface area contributed by atoms with E-state index in [1.807, 2.05) is 6.92 Å². The minimum atomic E-state index is -4.07. The number of alkyl carbamates (subject to hydrolysis) is 1. The van der Waals surface area contributed by atoms with Gasteiger partial charge in [-0.05, 0) is 52.0 Å². The summed E-state index contributed by atoms with van der Waals surface area (Å²) in [5.74, 6) is -0.772. The SMILES string of the molecule is COC(=O)[C@@H](NC(=O)OC(C)(C)C)[C@H](NS(=O)(=O)c1ccc(C)cc1)c1ccco1. The van der Waals surface area contributed by atoms with Crippen LogP contribution in [0.4, 0.5) is 4.79 Å². The van der Waals surface area contributed by atoms with Crippen LogP contribution in [-0.4, -0.2) is 39.2 Å². The second-order valence-corrected chi connectivity index (χ2v) is 9.29. The predicted molar refractivity (Wildman–Crippen MR) is 108 cm³/mol. The Morgan fingerprint density at radius 1 is 1.10 bits per heavy atom. The van der Waals surface area contributed by atoms with E-state index in [4.69, 9.17) is 13.9 Å². The third kappa shape index (κ3) is 6.33. The van der Waals surface area contributed by atoms with Crippen molar-refractivity contribution in [2.45, 2.75) is 50.3 Å². The number of hydrogen-bond acceptors (Lipinski definition) is 7. The fraction of sp³-hybridized carbons (Fsp3) is 0.400. The van der Waals surface area contributed by atoms with E-state index in [9.17, 15) is 18.0 Å². The second-order valence-electron chi connectivity index (χ2n) is 7.57. The van der Waals surface area contributed by atoms with E-state index in [1.165, 1.54) is 30.5 Å². The minimum absolute atomic E-state index is 0.00876. The number of amides is 1. The van der Waals surface area contributed by atoms with Gasteiger partial charge in [-0.2, -0.15) is 4.72 Å². The molecule has 2 rings (SSSR count). The molecule has 2 atom stereocenters. The van der Waals surface area contributed by atoms with Gasteiger partial charge in [-0.3, -0.25) is 0 Å². The Labute approximate surface area is 175 Å². The van der Waals surface area contributed by atoms with Crippen molar-refractivity contribution >= 4 is 22.1 Å². The first kappa shape index (κ1) is 23.4. The second kappa shape index (κ2) is 9.31. The lowest BCUT2D eigenvalue weighted by Crippen LogP contribution is -2.51. The van der Waals surface area contributed by atoms with Gasteiger partial charge in [-0.25, -0.2) is 18.0 Å². The topological polar surface area (TPSA) is 124 Å². The molecule has 0 aliphatic heterocycles. The fourth-order valence-corrected chi connectivity index (χ4v) is 3.77. The monoisotopic (exact) mass is 438 g/mol. The number of nitrogens with one attached hydrogen (secondary N) is 2. The number of furan rings is 1. The van der Waals surface area contributed by atoms with Crippen LogP contribution in [0.25, 0.3) is 0 Å². The van der Waals surface area contributed by atoms with Gasteiger partial charge in [0.1, 0.15) is 17.4 Å². The quantitative estimate of drug-likeness (QED) is 0.637. The normalized spacial score (nSPS) is 13.9. The van der Waals surface area contributed by atoms with Crippen LogP contribution in [0.5, 0.6) is 0 Å². The van der Waals surface area contributed by atoms with E-state index < -0.39 is 39.8 Å². The number of esters is 1. The molecule has 0 bridgehead atoms. The van der Waals surface area contributed by atoms with E-state index >= 15 is 0 Å². The molecule has 1 heterocycles. The summed E-state index contributed by atoms with van der Waals surface area (Å²) in [7, 11) is -2.95. The van der Waals surface area contributed by atoms with Gasteiger partial charge in [-0.1, -0.05) is 17.7 Å². The van der Waals surface area contributed by atoms with Gasteiger partial charge in [0.25, 0.3) is 0 Å². The predicted octanol–water partition coefficient (Wildman–Crippen LogP) is 2.67. The van der Waals surface area contributed by atoms with Crippen molar-refractivity contribution in [3.05, 3.63) is 54.0 Å². The molecule has 30 heavy (non-hydrogen) atoms. The number of methoxy groups -OCH3 is 1. The molecule has 0 aliphatic rings. The summed E-state index contributed by atoms with van der Waals surface area (Å²) < 4.78 is 43.6. The maximum absolute atomic E-state index is 12.9. The summed E-state index contributed by atoms with van der Waals surface area (Å²) in [5, 5.41) is 2.37. The molecule has 10 heteroatoms. The van der Waals surface area contributed by atoms with Gasteiger partial charge in [0.2, 0.25) is 10.0 Å². The molecule has 1 aromatic carbocycles. The Morgan fingerprint density at radius 2 is 1.73 bits per heavy atom. The van der Waals surface area contributed by atoms with Crippen molar-refractivity contribution in [1.29, 1.82) is 0 Å². The van der Waals surface area contributed by atoms with E-state index in [2.05, 4.69) is 10.0 Å². The number of carbonyl (C=O) groups excluding carboxylic acids is 2. The molecule has 0 saturated heterocycles. The number of ether oxygens (including phenoxy) is 2. The van der Waals surface area contributed by atoms with Gasteiger partial charge < -0.3 is 19.2 Å². The number of aryl methyl sites for hydroxylation is 1. The van der Waals surface area contributed by atoms with Crippen LogP contribution in [-0.2, 0) is 24.3 Å². The van der Waals surface area contributed by atoms with Crippen LogP contribution in [0, 0.1) is 6.92 Å². The van der Waals surface area contributed by atoms with Crippen LogP contribution in [0.1, 0.15) is 38.1 Å². The van der Waals surface area contributed by atoms with Crippen LogP contribution >= 0.6 is 0 Å². The molecular weight excluding hydrogens is 412 g/mol. The number of benzene rings is 1. The lowest BCUT2D eigenvalue weighted by molar-refractivity contribution is -0.144. The molecule has 0 spiro atoms. The summed E-state index contributed by atoms with van der Waals surface area (Å²) in [6.07, 6.45) is 0.411. The zero-order valence-electron chi connectivity index (χ0n) is 17.5. The molecule has 0 saturated carbocycles. The summed E-state index contributed by atoms with van der Waals surface area (Å²) in [6.45, 7) is 6.80. The lowest BCUT2D eigenvalue weighted by atomic mass is 10.1. The molecule has 1 amide bonds. The van der Waals surface area contributed by atoms with Gasteiger partial charge in [0.15, 0.2) is 6.04 Å². The van der Waals surface area contributed by atoms with Crippen molar-refractivity contribution in [3.63, 3.8) is 0 Å². The van der Waals surface area contributed by atoms with E-state index in [-0.39, 0.29) is 10.7 Å². The maximum atomic E-state index is 12.9. The van der Waals surface area contributed by atoms with Crippen molar-refractivity contribution in [1.82, 2.24) is 10.0 Å². The van der Waals surface area contributed by atoms with E-state index in [0.717, 1.165) is 12.7 Å². The molecule has 2 aromatic rings. The fourth-order valence-electron chi connectivity index (χ4n) is 2.55. The van der Waals surface area contributed by atoms with E-state index in [1.54, 1.807) is 32.9 Å². The lowest BCUT2D eigenvalue weighted by Gasteiger charge is -2.27. The number of hydrogen-bond donors (Lipinski definition) is 2. The highest BCUT2D eigenvalue weighted by atomic mass is 32.2. The average molecular weight is 439 g/mol. The van der Waals surface area contributed by atoms with Gasteiger partial charge in [0.05, 0.1) is 18.3 Å². The highest BCUT2D eigenvalue weighted by molar-refractivity contribution is 7.89. The van der Waals surface area contributed by atoms with Gasteiger partial charge in [-0.15, -0.1) is 0 Å². The summed E-state index contributed by atoms with van der Waals surface area (Å²) in [6, 6.07) is 6.44. The first-order valence-electron chi connectivity index (χ1n) is 9.13. The molecule has 0 unspecified atom stereocenters. The highest BCUT2D eigenvalue weighted by Gasteiger charge is 2.38. The summed E-state index contributed by atoms with van der Waals surface area (Å²) >= 11 is 0. The Kier molecular flexibility index (Phi) is 7.27. The smallest absolute Gasteiger partial charge is 0.408 e. The van der Waals surface area contributed by atoms with Crippen molar-refractivity contribution in [3.8, 4) is 0 Å². The van der Waals surface area contributed by atoms with Crippen LogP contribution in [0.15, 0.2) is 52.0 Å². The van der Waals surface area contributed by atoms with E-state index in [0.29, 0.717) is 0 Å². The van der Waals surface area contributed by atoms with Crippen molar-refractivity contribution < 1.29 is 31.9 Å². The van der Waals surface area contributed by atoms with Gasteiger partial charge in [0, 0.05) is 0 Å². The summed E-state index contributed by atoms with van der Waals surface area (Å²) in [5.41, 5.74) is 0.0577. The summed E-state index contributed by atoms with van der Waals surface area (Å²) in [4.78, 5) is 24.7. The minimum Gasteiger partial charge on any atom is -0.468 e. The van der Waals surface area contributed by atoms with Crippen molar-refractivity contribution in [2.24, 2.45) is 0 Å². The number of carbonyl (C=O) groups is 2. The maximum Gasteiger partial charge on any atom is 0.408 e. The number of rotatable bonds is 7. The molecule has 0 radical (unpaired) electrons. The van der Waals surface area contributed by atoms with Crippen molar-refractivity contribution in [2.75, 3.05) is 7.11 Å². The first-order chi connectivity index (χ1) is 13.9. The van der Waals surface area contributed by atoms with Crippen LogP contribution in [0.2, 0.25) is 0 Å². The zero-order chi connectivity index (χ0) is 22.5. The average Bonchev–Trinajstić information content (AvgIpc) is 3.17. The first-order valence-corrected chi connectivity index (χ1v) is 10.6. The molecule has 2 N–H and O–H groups in total. The Bertz CT molecular complexity index is 962. The molecule has 164 valence electrons. The molecule has 0 aliphatic carbocycles. The molecule has 9 nitrogen and oxygen atoms in total. The largest absolute Gasteiger partial charge is 0.468 e. The Hall–Kier alpha value is -2.85. The number of sulfonamides is 1. The third-order valence-electron chi connectivity index (χ3n) is 3.92. The Balaban J connectivity index is 2.40. The van der Waals surface area contributed by atoms with Crippen LogP contribution < -0.4 is 10.0 Å². The standard InChI is InChI=1S/C20H26N2O7S/c1-13-8-10-14(11-9-13)30(25,26)22-16(15-7-6-12-28-15)17(18(23)27-5)21-19(24)29-20(2,3)4/h6-12,16-17,22H,1-5H3,(H,21,24)/t16-,17+/m1/s1. The zero-order valence-corrected chi connectivity index (χ0v) is 18.3. The van der Waals surface area contributed by atoms with Crippen LogP contribution in [0.3, 0.4) is 0 Å².